The lowest BCUT2D eigenvalue weighted by molar-refractivity contribution is 0.0735. The third-order valence-electron chi connectivity index (χ3n) is 3.99. The molecule has 0 aliphatic rings. The Morgan fingerprint density at radius 2 is 2.05 bits per heavy atom. The van der Waals surface area contributed by atoms with Gasteiger partial charge in [-0.1, -0.05) is 32.8 Å². The van der Waals surface area contributed by atoms with Gasteiger partial charge >= 0.3 is 0 Å². The number of H-pyrrole nitrogens is 1. The van der Waals surface area contributed by atoms with Gasteiger partial charge in [-0.3, -0.25) is 9.89 Å². The van der Waals surface area contributed by atoms with Crippen molar-refractivity contribution < 1.29 is 4.79 Å². The van der Waals surface area contributed by atoms with E-state index in [1.165, 1.54) is 0 Å². The van der Waals surface area contributed by atoms with Crippen LogP contribution in [0.4, 0.5) is 0 Å². The second kappa shape index (κ2) is 6.55. The highest BCUT2D eigenvalue weighted by Crippen LogP contribution is 2.16. The Balaban J connectivity index is 2.18. The number of nitrogens with zero attached hydrogens (tertiary/aromatic N) is 2. The average molecular weight is 273 g/mol. The molecule has 1 heterocycles. The lowest BCUT2D eigenvalue weighted by Gasteiger charge is -2.25. The highest BCUT2D eigenvalue weighted by atomic mass is 16.2. The van der Waals surface area contributed by atoms with E-state index in [1.807, 2.05) is 30.0 Å². The van der Waals surface area contributed by atoms with Gasteiger partial charge in [0, 0.05) is 24.0 Å². The molecule has 2 rings (SSSR count). The Hall–Kier alpha value is -1.84. The number of nitrogens with one attached hydrogen (secondary N) is 1. The second-order valence-electron chi connectivity index (χ2n) is 5.20. The van der Waals surface area contributed by atoms with Crippen LogP contribution in [0.5, 0.6) is 0 Å². The Bertz CT molecular complexity index is 572. The van der Waals surface area contributed by atoms with Crippen molar-refractivity contribution in [3.63, 3.8) is 0 Å². The zero-order valence-electron chi connectivity index (χ0n) is 12.5. The minimum atomic E-state index is 0.107. The van der Waals surface area contributed by atoms with E-state index in [9.17, 15) is 4.79 Å². The van der Waals surface area contributed by atoms with Crippen LogP contribution in [-0.2, 0) is 0 Å². The van der Waals surface area contributed by atoms with Crippen LogP contribution < -0.4 is 0 Å². The highest BCUT2D eigenvalue weighted by molar-refractivity contribution is 5.97. The van der Waals surface area contributed by atoms with Crippen molar-refractivity contribution in [2.24, 2.45) is 5.92 Å². The second-order valence-corrected chi connectivity index (χ2v) is 5.20. The molecular weight excluding hydrogens is 250 g/mol. The lowest BCUT2D eigenvalue weighted by atomic mass is 10.0. The van der Waals surface area contributed by atoms with Crippen molar-refractivity contribution in [3.05, 3.63) is 30.0 Å². The van der Waals surface area contributed by atoms with Gasteiger partial charge in [0.2, 0.25) is 0 Å². The fourth-order valence-corrected chi connectivity index (χ4v) is 2.47. The molecule has 0 fully saturated rings. The number of aromatic nitrogens is 2. The molecule has 0 spiro atoms. The van der Waals surface area contributed by atoms with E-state index in [0.717, 1.165) is 42.4 Å². The van der Waals surface area contributed by atoms with Crippen LogP contribution in [0, 0.1) is 5.92 Å². The van der Waals surface area contributed by atoms with Gasteiger partial charge in [-0.25, -0.2) is 0 Å². The fraction of sp³-hybridized carbons (Fsp3) is 0.500. The van der Waals surface area contributed by atoms with Gasteiger partial charge in [-0.2, -0.15) is 5.10 Å². The summed E-state index contributed by atoms with van der Waals surface area (Å²) in [4.78, 5) is 14.5. The Morgan fingerprint density at radius 3 is 2.70 bits per heavy atom. The summed E-state index contributed by atoms with van der Waals surface area (Å²) in [6.07, 6.45) is 3.99. The Kier molecular flexibility index (Phi) is 4.77. The topological polar surface area (TPSA) is 49.0 Å². The monoisotopic (exact) mass is 273 g/mol. The third-order valence-corrected chi connectivity index (χ3v) is 3.99. The standard InChI is InChI=1S/C16H23N3O/c1-4-12(5-2)11-19(6-3)16(20)13-7-8-14-10-17-18-15(14)9-13/h7-10,12H,4-6,11H2,1-3H3,(H,17,18). The molecule has 1 N–H and O–H groups in total. The van der Waals surface area contributed by atoms with Crippen molar-refractivity contribution >= 4 is 16.8 Å². The van der Waals surface area contributed by atoms with Crippen LogP contribution in [0.25, 0.3) is 10.9 Å². The van der Waals surface area contributed by atoms with E-state index in [1.54, 1.807) is 6.20 Å². The SMILES string of the molecule is CCC(CC)CN(CC)C(=O)c1ccc2cn[nH]c2c1. The van der Waals surface area contributed by atoms with Crippen LogP contribution in [-0.4, -0.2) is 34.1 Å². The molecule has 0 unspecified atom stereocenters. The zero-order valence-corrected chi connectivity index (χ0v) is 12.5. The molecule has 1 aromatic carbocycles. The number of aromatic amines is 1. The molecule has 4 nitrogen and oxygen atoms in total. The number of amides is 1. The predicted octanol–water partition coefficient (Wildman–Crippen LogP) is 3.46. The van der Waals surface area contributed by atoms with Gasteiger partial charge < -0.3 is 4.90 Å². The molecule has 0 aliphatic carbocycles. The third kappa shape index (κ3) is 3.00. The van der Waals surface area contributed by atoms with Gasteiger partial charge in [-0.15, -0.1) is 0 Å². The summed E-state index contributed by atoms with van der Waals surface area (Å²) in [5.74, 6) is 0.686. The summed E-state index contributed by atoms with van der Waals surface area (Å²) in [7, 11) is 0. The molecule has 0 saturated carbocycles. The largest absolute Gasteiger partial charge is 0.339 e. The number of benzene rings is 1. The van der Waals surface area contributed by atoms with Crippen LogP contribution in [0.2, 0.25) is 0 Å². The minimum Gasteiger partial charge on any atom is -0.339 e. The summed E-state index contributed by atoms with van der Waals surface area (Å²) in [5, 5.41) is 7.94. The maximum Gasteiger partial charge on any atom is 0.253 e. The summed E-state index contributed by atoms with van der Waals surface area (Å²) in [6, 6.07) is 5.72. The van der Waals surface area contributed by atoms with Gasteiger partial charge in [-0.05, 0) is 25.0 Å². The van der Waals surface area contributed by atoms with Gasteiger partial charge in [0.1, 0.15) is 0 Å². The van der Waals surface area contributed by atoms with E-state index < -0.39 is 0 Å². The highest BCUT2D eigenvalue weighted by Gasteiger charge is 2.17. The van der Waals surface area contributed by atoms with E-state index in [2.05, 4.69) is 24.0 Å². The van der Waals surface area contributed by atoms with Crippen LogP contribution in [0.15, 0.2) is 24.4 Å². The molecule has 20 heavy (non-hydrogen) atoms. The summed E-state index contributed by atoms with van der Waals surface area (Å²) < 4.78 is 0. The molecule has 108 valence electrons. The smallest absolute Gasteiger partial charge is 0.253 e. The number of carbonyl (C=O) groups is 1. The van der Waals surface area contributed by atoms with E-state index in [4.69, 9.17) is 0 Å². The van der Waals surface area contributed by atoms with Gasteiger partial charge in [0.25, 0.3) is 5.91 Å². The number of hydrogen-bond donors (Lipinski definition) is 1. The first-order valence-corrected chi connectivity index (χ1v) is 7.41. The van der Waals surface area contributed by atoms with Gasteiger partial charge in [0.15, 0.2) is 0 Å². The first kappa shape index (κ1) is 14.6. The molecule has 0 atom stereocenters. The fourth-order valence-electron chi connectivity index (χ4n) is 2.47. The molecule has 0 aliphatic heterocycles. The quantitative estimate of drug-likeness (QED) is 0.876. The summed E-state index contributed by atoms with van der Waals surface area (Å²) in [5.41, 5.74) is 1.64. The summed E-state index contributed by atoms with van der Waals surface area (Å²) in [6.45, 7) is 7.99. The molecule has 2 aromatic rings. The van der Waals surface area contributed by atoms with E-state index in [-0.39, 0.29) is 5.91 Å². The van der Waals surface area contributed by atoms with Crippen molar-refractivity contribution in [2.45, 2.75) is 33.6 Å². The zero-order chi connectivity index (χ0) is 14.5. The van der Waals surface area contributed by atoms with Crippen molar-refractivity contribution in [1.82, 2.24) is 15.1 Å². The average Bonchev–Trinajstić information content (AvgIpc) is 2.95. The maximum absolute atomic E-state index is 12.6. The number of carbonyl (C=O) groups excluding carboxylic acids is 1. The molecule has 0 saturated heterocycles. The molecule has 4 heteroatoms. The van der Waals surface area contributed by atoms with Crippen LogP contribution in [0.1, 0.15) is 44.0 Å². The maximum atomic E-state index is 12.6. The van der Waals surface area contributed by atoms with Crippen LogP contribution >= 0.6 is 0 Å². The first-order valence-electron chi connectivity index (χ1n) is 7.41. The number of hydrogen-bond acceptors (Lipinski definition) is 2. The Morgan fingerprint density at radius 1 is 1.30 bits per heavy atom. The van der Waals surface area contributed by atoms with Crippen molar-refractivity contribution in [3.8, 4) is 0 Å². The molecule has 0 radical (unpaired) electrons. The normalized spacial score (nSPS) is 11.2. The summed E-state index contributed by atoms with van der Waals surface area (Å²) >= 11 is 0. The van der Waals surface area contributed by atoms with Crippen LogP contribution in [0.3, 0.4) is 0 Å². The first-order chi connectivity index (χ1) is 9.69. The lowest BCUT2D eigenvalue weighted by Crippen LogP contribution is -2.35. The predicted molar refractivity (Wildman–Crippen MR) is 81.7 cm³/mol. The molecule has 1 aromatic heterocycles. The molecular formula is C16H23N3O. The Labute approximate surface area is 120 Å². The van der Waals surface area contributed by atoms with Crippen molar-refractivity contribution in [2.75, 3.05) is 13.1 Å². The van der Waals surface area contributed by atoms with E-state index >= 15 is 0 Å². The minimum absolute atomic E-state index is 0.107. The number of rotatable bonds is 6. The molecule has 1 amide bonds. The molecule has 0 bridgehead atoms. The van der Waals surface area contributed by atoms with E-state index in [0.29, 0.717) is 5.92 Å². The number of fused-ring (bicyclic) bond motifs is 1. The van der Waals surface area contributed by atoms with Crippen molar-refractivity contribution in [1.29, 1.82) is 0 Å². The van der Waals surface area contributed by atoms with Gasteiger partial charge in [0.05, 0.1) is 11.7 Å².